The minimum absolute atomic E-state index is 0.179. The second-order valence-electron chi connectivity index (χ2n) is 8.80. The van der Waals surface area contributed by atoms with Gasteiger partial charge in [-0.1, -0.05) is 78.9 Å². The molecule has 36 heavy (non-hydrogen) atoms. The fourth-order valence-corrected chi connectivity index (χ4v) is 5.16. The highest BCUT2D eigenvalue weighted by Crippen LogP contribution is 2.38. The molecule has 0 saturated carbocycles. The van der Waals surface area contributed by atoms with Gasteiger partial charge in [-0.05, 0) is 72.8 Å². The number of benzene rings is 6. The number of esters is 2. The van der Waals surface area contributed by atoms with Crippen molar-refractivity contribution in [2.75, 3.05) is 14.2 Å². The molecule has 0 amide bonds. The molecule has 6 aromatic rings. The van der Waals surface area contributed by atoms with Gasteiger partial charge in [0.25, 0.3) is 0 Å². The Hall–Kier alpha value is -4.70. The lowest BCUT2D eigenvalue weighted by atomic mass is 9.90. The Morgan fingerprint density at radius 3 is 1.67 bits per heavy atom. The van der Waals surface area contributed by atoms with Gasteiger partial charge in [-0.25, -0.2) is 9.59 Å². The van der Waals surface area contributed by atoms with E-state index >= 15 is 0 Å². The van der Waals surface area contributed by atoms with Crippen LogP contribution in [0.1, 0.15) is 20.7 Å². The highest BCUT2D eigenvalue weighted by molar-refractivity contribution is 6.23. The van der Waals surface area contributed by atoms with Crippen LogP contribution in [0, 0.1) is 0 Å². The third-order valence-corrected chi connectivity index (χ3v) is 6.85. The predicted octanol–water partition coefficient (Wildman–Crippen LogP) is 7.49. The summed E-state index contributed by atoms with van der Waals surface area (Å²) in [5, 5.41) is 7.49. The Kier molecular flexibility index (Phi) is 5.15. The first-order valence-electron chi connectivity index (χ1n) is 11.7. The molecule has 0 aliphatic heterocycles. The fraction of sp³-hybridized carbons (Fsp3) is 0.0625. The Labute approximate surface area is 208 Å². The van der Waals surface area contributed by atoms with Crippen molar-refractivity contribution in [3.05, 3.63) is 108 Å². The van der Waals surface area contributed by atoms with Gasteiger partial charge in [0.2, 0.25) is 0 Å². The molecule has 0 heterocycles. The summed E-state index contributed by atoms with van der Waals surface area (Å²) in [4.78, 5) is 24.9. The summed E-state index contributed by atoms with van der Waals surface area (Å²) in [6, 6.07) is 32.7. The molecular formula is C32H22O4. The quantitative estimate of drug-likeness (QED) is 0.198. The normalized spacial score (nSPS) is 11.3. The van der Waals surface area contributed by atoms with Crippen LogP contribution in [-0.2, 0) is 9.47 Å². The topological polar surface area (TPSA) is 52.6 Å². The predicted molar refractivity (Wildman–Crippen MR) is 144 cm³/mol. The molecule has 0 N–H and O–H groups in total. The van der Waals surface area contributed by atoms with Gasteiger partial charge < -0.3 is 9.47 Å². The molecule has 0 saturated heterocycles. The van der Waals surface area contributed by atoms with Crippen LogP contribution in [0.5, 0.6) is 0 Å². The minimum atomic E-state index is -0.581. The van der Waals surface area contributed by atoms with Crippen LogP contribution in [0.15, 0.2) is 97.1 Å². The highest BCUT2D eigenvalue weighted by atomic mass is 16.5. The molecule has 0 aliphatic carbocycles. The average molecular weight is 471 g/mol. The molecule has 6 rings (SSSR count). The maximum absolute atomic E-state index is 12.6. The van der Waals surface area contributed by atoms with E-state index in [9.17, 15) is 9.59 Å². The van der Waals surface area contributed by atoms with E-state index in [0.717, 1.165) is 16.7 Å². The van der Waals surface area contributed by atoms with Crippen molar-refractivity contribution < 1.29 is 19.1 Å². The maximum Gasteiger partial charge on any atom is 0.339 e. The van der Waals surface area contributed by atoms with Crippen LogP contribution in [-0.4, -0.2) is 26.2 Å². The molecule has 0 unspecified atom stereocenters. The van der Waals surface area contributed by atoms with Crippen molar-refractivity contribution >= 4 is 44.3 Å². The van der Waals surface area contributed by atoms with E-state index < -0.39 is 11.9 Å². The Balaban J connectivity index is 1.46. The van der Waals surface area contributed by atoms with Crippen LogP contribution in [0.2, 0.25) is 0 Å². The average Bonchev–Trinajstić information content (AvgIpc) is 2.94. The van der Waals surface area contributed by atoms with Crippen molar-refractivity contribution in [2.24, 2.45) is 0 Å². The van der Waals surface area contributed by atoms with Crippen LogP contribution < -0.4 is 0 Å². The molecule has 0 bridgehead atoms. The van der Waals surface area contributed by atoms with E-state index in [-0.39, 0.29) is 11.1 Å². The number of ether oxygens (including phenoxy) is 2. The van der Waals surface area contributed by atoms with Crippen molar-refractivity contribution in [3.63, 3.8) is 0 Å². The molecule has 0 radical (unpaired) electrons. The van der Waals surface area contributed by atoms with Gasteiger partial charge >= 0.3 is 11.9 Å². The molecule has 4 nitrogen and oxygen atoms in total. The maximum atomic E-state index is 12.6. The van der Waals surface area contributed by atoms with Crippen LogP contribution in [0.25, 0.3) is 54.6 Å². The first-order valence-corrected chi connectivity index (χ1v) is 11.7. The lowest BCUT2D eigenvalue weighted by Crippen LogP contribution is -2.13. The summed E-state index contributed by atoms with van der Waals surface area (Å²) >= 11 is 0. The van der Waals surface area contributed by atoms with Crippen molar-refractivity contribution in [1.29, 1.82) is 0 Å². The number of methoxy groups -OCH3 is 2. The second-order valence-corrected chi connectivity index (χ2v) is 8.80. The van der Waals surface area contributed by atoms with Crippen molar-refractivity contribution in [2.45, 2.75) is 0 Å². The largest absolute Gasteiger partial charge is 0.465 e. The molecule has 0 fully saturated rings. The van der Waals surface area contributed by atoms with Gasteiger partial charge in [-0.15, -0.1) is 0 Å². The zero-order valence-corrected chi connectivity index (χ0v) is 19.9. The number of hydrogen-bond donors (Lipinski definition) is 0. The van der Waals surface area contributed by atoms with Gasteiger partial charge in [0.05, 0.1) is 25.3 Å². The third-order valence-electron chi connectivity index (χ3n) is 6.85. The van der Waals surface area contributed by atoms with E-state index in [1.54, 1.807) is 18.2 Å². The second kappa shape index (κ2) is 8.51. The van der Waals surface area contributed by atoms with E-state index in [0.29, 0.717) is 5.56 Å². The van der Waals surface area contributed by atoms with Gasteiger partial charge in [0, 0.05) is 0 Å². The lowest BCUT2D eigenvalue weighted by molar-refractivity contribution is 0.0556. The monoisotopic (exact) mass is 470 g/mol. The molecule has 174 valence electrons. The number of carbonyl (C=O) groups excluding carboxylic acids is 2. The van der Waals surface area contributed by atoms with Crippen LogP contribution in [0.4, 0.5) is 0 Å². The SMILES string of the molecule is COC(=O)c1cccc(-c2ccc(-c3cc4ccc5cccc6ccc(c3)c4c56)cc2)c1C(=O)OC. The smallest absolute Gasteiger partial charge is 0.339 e. The molecular weight excluding hydrogens is 448 g/mol. The highest BCUT2D eigenvalue weighted by Gasteiger charge is 2.23. The Morgan fingerprint density at radius 2 is 1.06 bits per heavy atom. The summed E-state index contributed by atoms with van der Waals surface area (Å²) in [5.41, 5.74) is 3.98. The van der Waals surface area contributed by atoms with Crippen LogP contribution in [0.3, 0.4) is 0 Å². The third kappa shape index (κ3) is 3.38. The van der Waals surface area contributed by atoms with Gasteiger partial charge in [-0.2, -0.15) is 0 Å². The molecule has 0 spiro atoms. The van der Waals surface area contributed by atoms with Crippen LogP contribution >= 0.6 is 0 Å². The van der Waals surface area contributed by atoms with Gasteiger partial charge in [0.15, 0.2) is 0 Å². The minimum Gasteiger partial charge on any atom is -0.465 e. The zero-order chi connectivity index (χ0) is 24.8. The summed E-state index contributed by atoms with van der Waals surface area (Å²) in [6.07, 6.45) is 0. The Bertz CT molecular complexity index is 1720. The molecule has 0 aromatic heterocycles. The summed E-state index contributed by atoms with van der Waals surface area (Å²) in [7, 11) is 2.59. The van der Waals surface area contributed by atoms with Crippen molar-refractivity contribution in [3.8, 4) is 22.3 Å². The van der Waals surface area contributed by atoms with E-state index in [4.69, 9.17) is 9.47 Å². The molecule has 0 aliphatic rings. The van der Waals surface area contributed by atoms with E-state index in [1.165, 1.54) is 46.5 Å². The van der Waals surface area contributed by atoms with Crippen molar-refractivity contribution in [1.82, 2.24) is 0 Å². The first kappa shape index (κ1) is 21.8. The Morgan fingerprint density at radius 1 is 0.528 bits per heavy atom. The number of carbonyl (C=O) groups is 2. The summed E-state index contributed by atoms with van der Waals surface area (Å²) in [6.45, 7) is 0. The van der Waals surface area contributed by atoms with Gasteiger partial charge in [-0.3, -0.25) is 0 Å². The lowest BCUT2D eigenvalue weighted by Gasteiger charge is -2.14. The fourth-order valence-electron chi connectivity index (χ4n) is 5.16. The molecule has 6 aromatic carbocycles. The summed E-state index contributed by atoms with van der Waals surface area (Å²) < 4.78 is 9.85. The van der Waals surface area contributed by atoms with E-state index in [2.05, 4.69) is 54.6 Å². The molecule has 4 heteroatoms. The van der Waals surface area contributed by atoms with Gasteiger partial charge in [0.1, 0.15) is 0 Å². The first-order chi connectivity index (χ1) is 17.6. The molecule has 0 atom stereocenters. The summed E-state index contributed by atoms with van der Waals surface area (Å²) in [5.74, 6) is -1.16. The standard InChI is InChI=1S/C32H22O4/c1-35-31(33)27-8-4-7-26(30(27)32(34)36-2)20-11-9-19(10-12-20)25-17-23-15-13-21-5-3-6-22-14-16-24(18-25)29(23)28(21)22/h3-18H,1-2H3. The zero-order valence-electron chi connectivity index (χ0n) is 19.9. The number of rotatable bonds is 4. The van der Waals surface area contributed by atoms with E-state index in [1.807, 2.05) is 24.3 Å². The number of hydrogen-bond acceptors (Lipinski definition) is 4.